The van der Waals surface area contributed by atoms with E-state index in [0.717, 1.165) is 16.7 Å². The van der Waals surface area contributed by atoms with Crippen LogP contribution >= 0.6 is 11.3 Å². The molecule has 0 saturated carbocycles. The molecule has 1 aliphatic rings. The third-order valence-electron chi connectivity index (χ3n) is 7.51. The normalized spacial score (nSPS) is 14.4. The van der Waals surface area contributed by atoms with Gasteiger partial charge >= 0.3 is 5.97 Å². The number of esters is 1. The van der Waals surface area contributed by atoms with E-state index in [2.05, 4.69) is 6.58 Å². The largest absolute Gasteiger partial charge is 0.491 e. The Balaban J connectivity index is 1.65. The Bertz CT molecular complexity index is 2030. The first kappa shape index (κ1) is 34.4. The molecule has 0 spiro atoms. The molecular formula is C38H39FN2O6S. The summed E-state index contributed by atoms with van der Waals surface area (Å²) in [5, 5.41) is 0. The molecule has 10 heteroatoms. The molecule has 4 aromatic rings. The van der Waals surface area contributed by atoms with Crippen LogP contribution in [0.25, 0.3) is 6.08 Å². The van der Waals surface area contributed by atoms with Crippen molar-refractivity contribution in [1.29, 1.82) is 0 Å². The van der Waals surface area contributed by atoms with Gasteiger partial charge in [0.2, 0.25) is 0 Å². The van der Waals surface area contributed by atoms with Gasteiger partial charge in [-0.05, 0) is 88.6 Å². The standard InChI is InChI=1S/C38H39FN2O6S/c1-7-12-27-19-26(20-31(44-8-2)35(27)46-22-25-15-17-28(39)18-16-25)21-32-36(42)41-34(29-13-10-11-14-30(29)47-23(4)5)33(37(43)45-9-3)24(6)40-38(41)48-32/h7,10-11,13-21,23,34H,1,8-9,12,22H2,2-6H3/b32-21+/t34-/m0/s1. The average molecular weight is 671 g/mol. The fourth-order valence-corrected chi connectivity index (χ4v) is 6.59. The molecule has 3 aromatic carbocycles. The molecule has 0 amide bonds. The highest BCUT2D eigenvalue weighted by molar-refractivity contribution is 7.07. The summed E-state index contributed by atoms with van der Waals surface area (Å²) < 4.78 is 39.2. The van der Waals surface area contributed by atoms with Gasteiger partial charge in [0.1, 0.15) is 24.2 Å². The molecule has 48 heavy (non-hydrogen) atoms. The molecule has 0 fully saturated rings. The van der Waals surface area contributed by atoms with E-state index in [1.807, 2.05) is 57.2 Å². The maximum atomic E-state index is 14.3. The molecule has 2 heterocycles. The molecule has 8 nitrogen and oxygen atoms in total. The zero-order chi connectivity index (χ0) is 34.4. The van der Waals surface area contributed by atoms with Gasteiger partial charge in [0.15, 0.2) is 16.3 Å². The van der Waals surface area contributed by atoms with Gasteiger partial charge < -0.3 is 18.9 Å². The van der Waals surface area contributed by atoms with Crippen LogP contribution in [-0.4, -0.2) is 29.9 Å². The molecule has 0 bridgehead atoms. The number of ether oxygens (including phenoxy) is 4. The SMILES string of the molecule is C=CCc1cc(/C=c2/sc3n(c2=O)[C@@H](c2ccccc2OC(C)C)C(C(=O)OCC)=C(C)N=3)cc(OCC)c1OCc1ccc(F)cc1. The van der Waals surface area contributed by atoms with E-state index in [-0.39, 0.29) is 36.3 Å². The monoisotopic (exact) mass is 670 g/mol. The zero-order valence-electron chi connectivity index (χ0n) is 27.7. The second-order valence-electron chi connectivity index (χ2n) is 11.4. The minimum Gasteiger partial charge on any atom is -0.491 e. The summed E-state index contributed by atoms with van der Waals surface area (Å²) in [6.45, 7) is 13.9. The number of carbonyl (C=O) groups is 1. The predicted molar refractivity (Wildman–Crippen MR) is 185 cm³/mol. The number of fused-ring (bicyclic) bond motifs is 1. The summed E-state index contributed by atoms with van der Waals surface area (Å²) in [4.78, 5) is 32.8. The van der Waals surface area contributed by atoms with Crippen molar-refractivity contribution >= 4 is 23.4 Å². The molecule has 0 N–H and O–H groups in total. The van der Waals surface area contributed by atoms with Crippen LogP contribution in [0.15, 0.2) is 94.4 Å². The van der Waals surface area contributed by atoms with Crippen LogP contribution in [0.3, 0.4) is 0 Å². The summed E-state index contributed by atoms with van der Waals surface area (Å²) >= 11 is 1.24. The highest BCUT2D eigenvalue weighted by Gasteiger charge is 2.35. The van der Waals surface area contributed by atoms with Crippen molar-refractivity contribution in [1.82, 2.24) is 4.57 Å². The lowest BCUT2D eigenvalue weighted by Gasteiger charge is -2.26. The number of thiazole rings is 1. The van der Waals surface area contributed by atoms with Crippen LogP contribution in [0, 0.1) is 5.82 Å². The van der Waals surface area contributed by atoms with Gasteiger partial charge in [-0.1, -0.05) is 47.7 Å². The molecule has 1 aliphatic heterocycles. The van der Waals surface area contributed by atoms with Crippen molar-refractivity contribution in [3.63, 3.8) is 0 Å². The van der Waals surface area contributed by atoms with E-state index >= 15 is 0 Å². The fourth-order valence-electron chi connectivity index (χ4n) is 5.54. The summed E-state index contributed by atoms with van der Waals surface area (Å²) in [6.07, 6.45) is 3.91. The third-order valence-corrected chi connectivity index (χ3v) is 8.49. The van der Waals surface area contributed by atoms with Gasteiger partial charge in [-0.2, -0.15) is 0 Å². The van der Waals surface area contributed by atoms with E-state index in [1.54, 1.807) is 42.7 Å². The van der Waals surface area contributed by atoms with E-state index in [4.69, 9.17) is 23.9 Å². The first-order valence-corrected chi connectivity index (χ1v) is 16.7. The fraction of sp³-hybridized carbons (Fsp3) is 0.289. The van der Waals surface area contributed by atoms with Crippen molar-refractivity contribution in [2.75, 3.05) is 13.2 Å². The smallest absolute Gasteiger partial charge is 0.338 e. The highest BCUT2D eigenvalue weighted by Crippen LogP contribution is 2.37. The number of carbonyl (C=O) groups excluding carboxylic acids is 1. The number of hydrogen-bond acceptors (Lipinski definition) is 8. The van der Waals surface area contributed by atoms with Crippen molar-refractivity contribution < 1.29 is 28.1 Å². The first-order valence-electron chi connectivity index (χ1n) is 15.9. The van der Waals surface area contributed by atoms with Gasteiger partial charge in [-0.25, -0.2) is 14.2 Å². The Morgan fingerprint density at radius 3 is 2.50 bits per heavy atom. The number of rotatable bonds is 13. The number of para-hydroxylation sites is 1. The van der Waals surface area contributed by atoms with Gasteiger partial charge in [0.05, 0.1) is 35.1 Å². The van der Waals surface area contributed by atoms with E-state index in [9.17, 15) is 14.0 Å². The maximum Gasteiger partial charge on any atom is 0.338 e. The Kier molecular flexibility index (Phi) is 11.0. The minimum atomic E-state index is -0.810. The van der Waals surface area contributed by atoms with Crippen LogP contribution in [0.4, 0.5) is 4.39 Å². The van der Waals surface area contributed by atoms with Crippen LogP contribution in [0.1, 0.15) is 62.9 Å². The van der Waals surface area contributed by atoms with Crippen LogP contribution < -0.4 is 29.1 Å². The van der Waals surface area contributed by atoms with Crippen LogP contribution in [-0.2, 0) is 22.6 Å². The van der Waals surface area contributed by atoms with E-state index in [0.29, 0.717) is 50.9 Å². The topological polar surface area (TPSA) is 88.4 Å². The Morgan fingerprint density at radius 2 is 1.81 bits per heavy atom. The predicted octanol–water partition coefficient (Wildman–Crippen LogP) is 6.43. The van der Waals surface area contributed by atoms with Crippen molar-refractivity contribution in [3.05, 3.63) is 132 Å². The molecule has 1 atom stereocenters. The average Bonchev–Trinajstić information content (AvgIpc) is 3.35. The van der Waals surface area contributed by atoms with Gasteiger partial charge in [-0.15, -0.1) is 6.58 Å². The highest BCUT2D eigenvalue weighted by atomic mass is 32.1. The second-order valence-corrected chi connectivity index (χ2v) is 12.4. The first-order chi connectivity index (χ1) is 23.1. The second kappa shape index (κ2) is 15.3. The minimum absolute atomic E-state index is 0.134. The van der Waals surface area contributed by atoms with Crippen molar-refractivity contribution in [2.45, 2.75) is 59.8 Å². The third kappa shape index (κ3) is 7.44. The molecule has 250 valence electrons. The number of nitrogens with zero attached hydrogens (tertiary/aromatic N) is 2. The number of allylic oxidation sites excluding steroid dienone is 2. The van der Waals surface area contributed by atoms with E-state index in [1.165, 1.54) is 23.5 Å². The Morgan fingerprint density at radius 1 is 1.06 bits per heavy atom. The lowest BCUT2D eigenvalue weighted by Crippen LogP contribution is -2.40. The Hall–Kier alpha value is -4.96. The molecule has 0 aliphatic carbocycles. The summed E-state index contributed by atoms with van der Waals surface area (Å²) in [5.74, 6) is 0.772. The maximum absolute atomic E-state index is 14.3. The molecule has 0 saturated heterocycles. The van der Waals surface area contributed by atoms with Crippen molar-refractivity contribution in [3.8, 4) is 17.2 Å². The lowest BCUT2D eigenvalue weighted by atomic mass is 9.95. The van der Waals surface area contributed by atoms with Crippen LogP contribution in [0.2, 0.25) is 0 Å². The molecule has 5 rings (SSSR count). The Labute approximate surface area is 283 Å². The zero-order valence-corrected chi connectivity index (χ0v) is 28.6. The van der Waals surface area contributed by atoms with Gasteiger partial charge in [0.25, 0.3) is 5.56 Å². The quantitative estimate of drug-likeness (QED) is 0.120. The number of halogens is 1. The number of hydrogen-bond donors (Lipinski definition) is 0. The summed E-state index contributed by atoms with van der Waals surface area (Å²) in [6, 6.07) is 16.5. The van der Waals surface area contributed by atoms with Gasteiger partial charge in [0, 0.05) is 11.1 Å². The van der Waals surface area contributed by atoms with Crippen LogP contribution in [0.5, 0.6) is 17.2 Å². The van der Waals surface area contributed by atoms with Gasteiger partial charge in [-0.3, -0.25) is 9.36 Å². The summed E-state index contributed by atoms with van der Waals surface area (Å²) in [7, 11) is 0. The van der Waals surface area contributed by atoms with Crippen molar-refractivity contribution in [2.24, 2.45) is 4.99 Å². The summed E-state index contributed by atoms with van der Waals surface area (Å²) in [5.41, 5.74) is 3.45. The lowest BCUT2D eigenvalue weighted by molar-refractivity contribution is -0.139. The molecule has 0 unspecified atom stereocenters. The number of benzene rings is 3. The molecule has 0 radical (unpaired) electrons. The molecular weight excluding hydrogens is 631 g/mol. The van der Waals surface area contributed by atoms with E-state index < -0.39 is 12.0 Å². The number of aromatic nitrogens is 1. The molecule has 1 aromatic heterocycles.